The molecule has 0 rings (SSSR count). The molecule has 0 spiro atoms. The lowest BCUT2D eigenvalue weighted by molar-refractivity contribution is -0.124. The SMILES string of the molecule is CCCCCCCC/C=C/CC/C=C/CC/C=C/C(O)C(CO)NC(=O)CC(O)CCCCCCCCCCCCC/C=C\C/C=C\CCCCCCCCCCC. The summed E-state index contributed by atoms with van der Waals surface area (Å²) < 4.78 is 0. The molecule has 5 nitrogen and oxygen atoms in total. The Kier molecular flexibility index (Phi) is 46.1. The van der Waals surface area contributed by atoms with Crippen LogP contribution in [0.3, 0.4) is 0 Å². The summed E-state index contributed by atoms with van der Waals surface area (Å²) in [5, 5.41) is 33.3. The Morgan fingerprint density at radius 3 is 1.21 bits per heavy atom. The van der Waals surface area contributed by atoms with Crippen LogP contribution in [0.25, 0.3) is 0 Å². The van der Waals surface area contributed by atoms with Gasteiger partial charge in [-0.05, 0) is 77.0 Å². The van der Waals surface area contributed by atoms with Gasteiger partial charge in [0.1, 0.15) is 0 Å². The zero-order valence-corrected chi connectivity index (χ0v) is 38.4. The molecule has 0 aliphatic rings. The van der Waals surface area contributed by atoms with Crippen molar-refractivity contribution in [1.82, 2.24) is 5.32 Å². The van der Waals surface area contributed by atoms with Crippen LogP contribution >= 0.6 is 0 Å². The molecular formula is C53H97NO4. The third-order valence-corrected chi connectivity index (χ3v) is 11.3. The van der Waals surface area contributed by atoms with Gasteiger partial charge in [-0.2, -0.15) is 0 Å². The smallest absolute Gasteiger partial charge is 0.222 e. The topological polar surface area (TPSA) is 89.8 Å². The van der Waals surface area contributed by atoms with E-state index in [9.17, 15) is 20.1 Å². The van der Waals surface area contributed by atoms with Gasteiger partial charge in [0.15, 0.2) is 0 Å². The van der Waals surface area contributed by atoms with Crippen LogP contribution in [0.15, 0.2) is 60.8 Å². The first-order chi connectivity index (χ1) is 28.5. The number of unbranched alkanes of at least 4 members (excludes halogenated alkanes) is 28. The van der Waals surface area contributed by atoms with E-state index in [-0.39, 0.29) is 18.9 Å². The van der Waals surface area contributed by atoms with Crippen LogP contribution in [-0.2, 0) is 4.79 Å². The number of nitrogens with one attached hydrogen (secondary N) is 1. The van der Waals surface area contributed by atoms with Gasteiger partial charge in [-0.3, -0.25) is 4.79 Å². The van der Waals surface area contributed by atoms with E-state index in [1.807, 2.05) is 6.08 Å². The Bertz CT molecular complexity index is 985. The highest BCUT2D eigenvalue weighted by atomic mass is 16.3. The fraction of sp³-hybridized carbons (Fsp3) is 0.792. The maximum absolute atomic E-state index is 12.5. The van der Waals surface area contributed by atoms with E-state index in [0.717, 1.165) is 44.9 Å². The molecule has 338 valence electrons. The van der Waals surface area contributed by atoms with Gasteiger partial charge in [0.2, 0.25) is 5.91 Å². The molecule has 4 N–H and O–H groups in total. The fourth-order valence-electron chi connectivity index (χ4n) is 7.40. The van der Waals surface area contributed by atoms with E-state index >= 15 is 0 Å². The maximum atomic E-state index is 12.5. The van der Waals surface area contributed by atoms with Crippen LogP contribution in [0.4, 0.5) is 0 Å². The number of carbonyl (C=O) groups is 1. The summed E-state index contributed by atoms with van der Waals surface area (Å²) in [4.78, 5) is 12.5. The number of amides is 1. The van der Waals surface area contributed by atoms with E-state index in [2.05, 4.69) is 67.8 Å². The Morgan fingerprint density at radius 2 is 0.793 bits per heavy atom. The monoisotopic (exact) mass is 812 g/mol. The van der Waals surface area contributed by atoms with Gasteiger partial charge in [0.05, 0.1) is 31.3 Å². The van der Waals surface area contributed by atoms with Crippen molar-refractivity contribution in [3.63, 3.8) is 0 Å². The van der Waals surface area contributed by atoms with E-state index in [1.165, 1.54) is 173 Å². The van der Waals surface area contributed by atoms with Gasteiger partial charge in [0.25, 0.3) is 0 Å². The predicted molar refractivity (Wildman–Crippen MR) is 254 cm³/mol. The first kappa shape index (κ1) is 56.0. The van der Waals surface area contributed by atoms with Crippen molar-refractivity contribution < 1.29 is 20.1 Å². The molecule has 3 atom stereocenters. The van der Waals surface area contributed by atoms with Gasteiger partial charge in [-0.25, -0.2) is 0 Å². The fourth-order valence-corrected chi connectivity index (χ4v) is 7.40. The maximum Gasteiger partial charge on any atom is 0.222 e. The normalized spacial score (nSPS) is 13.9. The number of allylic oxidation sites excluding steroid dienone is 9. The molecule has 0 saturated carbocycles. The summed E-state index contributed by atoms with van der Waals surface area (Å²) >= 11 is 0. The summed E-state index contributed by atoms with van der Waals surface area (Å²) in [5.74, 6) is -0.332. The molecule has 0 bridgehead atoms. The summed E-state index contributed by atoms with van der Waals surface area (Å²) in [7, 11) is 0. The molecule has 0 radical (unpaired) electrons. The van der Waals surface area contributed by atoms with Gasteiger partial charge in [-0.1, -0.05) is 222 Å². The van der Waals surface area contributed by atoms with Crippen LogP contribution in [0, 0.1) is 0 Å². The molecule has 3 unspecified atom stereocenters. The number of carbonyl (C=O) groups excluding carboxylic acids is 1. The molecule has 0 heterocycles. The lowest BCUT2D eigenvalue weighted by Gasteiger charge is -2.21. The summed E-state index contributed by atoms with van der Waals surface area (Å²) in [6.07, 6.45) is 63.8. The van der Waals surface area contributed by atoms with Crippen molar-refractivity contribution in [2.75, 3.05) is 6.61 Å². The van der Waals surface area contributed by atoms with Crippen molar-refractivity contribution >= 4 is 5.91 Å². The highest BCUT2D eigenvalue weighted by Gasteiger charge is 2.20. The van der Waals surface area contributed by atoms with Gasteiger partial charge in [0, 0.05) is 0 Å². The number of aliphatic hydroxyl groups is 3. The molecule has 0 aromatic rings. The number of hydrogen-bond acceptors (Lipinski definition) is 4. The third-order valence-electron chi connectivity index (χ3n) is 11.3. The molecule has 0 saturated heterocycles. The summed E-state index contributed by atoms with van der Waals surface area (Å²) in [5.41, 5.74) is 0. The summed E-state index contributed by atoms with van der Waals surface area (Å²) in [6, 6.07) is -0.770. The molecule has 0 aliphatic heterocycles. The molecule has 5 heteroatoms. The molecule has 0 aromatic carbocycles. The highest BCUT2D eigenvalue weighted by molar-refractivity contribution is 5.76. The van der Waals surface area contributed by atoms with Crippen LogP contribution in [0.1, 0.15) is 245 Å². The minimum atomic E-state index is -0.962. The number of rotatable bonds is 45. The Morgan fingerprint density at radius 1 is 0.448 bits per heavy atom. The Hall–Kier alpha value is -1.95. The minimum Gasteiger partial charge on any atom is -0.394 e. The van der Waals surface area contributed by atoms with Crippen molar-refractivity contribution in [3.8, 4) is 0 Å². The van der Waals surface area contributed by atoms with Crippen LogP contribution < -0.4 is 5.32 Å². The van der Waals surface area contributed by atoms with Gasteiger partial charge in [-0.15, -0.1) is 0 Å². The third kappa shape index (κ3) is 43.6. The predicted octanol–water partition coefficient (Wildman–Crippen LogP) is 15.0. The number of aliphatic hydroxyl groups excluding tert-OH is 3. The minimum absolute atomic E-state index is 0.000921. The lowest BCUT2D eigenvalue weighted by atomic mass is 10.0. The van der Waals surface area contributed by atoms with Crippen LogP contribution in [0.5, 0.6) is 0 Å². The van der Waals surface area contributed by atoms with Crippen molar-refractivity contribution in [2.45, 2.75) is 263 Å². The van der Waals surface area contributed by atoms with Gasteiger partial charge < -0.3 is 20.6 Å². The molecular weight excluding hydrogens is 715 g/mol. The average molecular weight is 812 g/mol. The largest absolute Gasteiger partial charge is 0.394 e. The van der Waals surface area contributed by atoms with E-state index in [1.54, 1.807) is 6.08 Å². The molecule has 0 fully saturated rings. The highest BCUT2D eigenvalue weighted by Crippen LogP contribution is 2.15. The Labute approximate surface area is 360 Å². The molecule has 1 amide bonds. The van der Waals surface area contributed by atoms with Gasteiger partial charge >= 0.3 is 0 Å². The van der Waals surface area contributed by atoms with E-state index < -0.39 is 18.2 Å². The van der Waals surface area contributed by atoms with E-state index in [0.29, 0.717) is 6.42 Å². The van der Waals surface area contributed by atoms with Crippen LogP contribution in [0.2, 0.25) is 0 Å². The lowest BCUT2D eigenvalue weighted by Crippen LogP contribution is -2.45. The zero-order chi connectivity index (χ0) is 42.3. The second-order valence-corrected chi connectivity index (χ2v) is 17.0. The zero-order valence-electron chi connectivity index (χ0n) is 38.4. The second-order valence-electron chi connectivity index (χ2n) is 17.0. The standard InChI is InChI=1S/C53H97NO4/c1-3-5-7-9-11-13-15-17-19-21-22-23-24-25-26-27-28-29-30-31-32-34-36-38-40-42-44-46-50(56)48-53(58)54-51(49-55)52(57)47-45-43-41-39-37-35-33-20-18-16-14-12-10-8-6-4-2/h18,20,22-23,25-26,37,39,45,47,50-52,55-57H,3-17,19,21,24,27-36,38,40-44,46,48-49H2,1-2H3,(H,54,58)/b20-18+,23-22-,26-25-,39-37+,47-45+. The number of hydrogen-bond donors (Lipinski definition) is 4. The average Bonchev–Trinajstić information content (AvgIpc) is 3.22. The summed E-state index contributed by atoms with van der Waals surface area (Å²) in [6.45, 7) is 4.19. The first-order valence-corrected chi connectivity index (χ1v) is 25.1. The molecule has 58 heavy (non-hydrogen) atoms. The first-order valence-electron chi connectivity index (χ1n) is 25.1. The van der Waals surface area contributed by atoms with Crippen molar-refractivity contribution in [1.29, 1.82) is 0 Å². The van der Waals surface area contributed by atoms with Crippen molar-refractivity contribution in [2.24, 2.45) is 0 Å². The van der Waals surface area contributed by atoms with E-state index in [4.69, 9.17) is 0 Å². The van der Waals surface area contributed by atoms with Crippen molar-refractivity contribution in [3.05, 3.63) is 60.8 Å². The Balaban J connectivity index is 3.65. The quantitative estimate of drug-likeness (QED) is 0.0364. The molecule has 0 aliphatic carbocycles. The molecule has 0 aromatic heterocycles. The second kappa shape index (κ2) is 47.7. The van der Waals surface area contributed by atoms with Crippen LogP contribution in [-0.4, -0.2) is 46.1 Å².